The Bertz CT molecular complexity index is 364. The average molecular weight is 262 g/mol. The molecule has 0 saturated heterocycles. The molecule has 102 valence electrons. The first kappa shape index (κ1) is 14.8. The van der Waals surface area contributed by atoms with Gasteiger partial charge in [-0.3, -0.25) is 4.79 Å². The van der Waals surface area contributed by atoms with Gasteiger partial charge in [0.2, 0.25) is 5.91 Å². The van der Waals surface area contributed by atoms with Crippen molar-refractivity contribution in [3.63, 3.8) is 0 Å². The standard InChI is InChI=1S/C12H17F3N2O/c1-8(2)17(7-12(13,14)15)10(18)11(6-16)4-9(3)5-11/h8-9H,4-5,7H2,1-3H3. The van der Waals surface area contributed by atoms with Gasteiger partial charge >= 0.3 is 6.18 Å². The number of nitrogens with zero attached hydrogens (tertiary/aromatic N) is 2. The highest BCUT2D eigenvalue weighted by molar-refractivity contribution is 5.86. The maximum absolute atomic E-state index is 12.4. The summed E-state index contributed by atoms with van der Waals surface area (Å²) in [5, 5.41) is 9.07. The zero-order valence-electron chi connectivity index (χ0n) is 10.7. The van der Waals surface area contributed by atoms with Crippen LogP contribution in [0.5, 0.6) is 0 Å². The van der Waals surface area contributed by atoms with Crippen LogP contribution in [0, 0.1) is 22.7 Å². The first-order chi connectivity index (χ1) is 8.11. The molecule has 0 aromatic rings. The lowest BCUT2D eigenvalue weighted by atomic mass is 9.62. The van der Waals surface area contributed by atoms with Gasteiger partial charge in [-0.25, -0.2) is 0 Å². The summed E-state index contributed by atoms with van der Waals surface area (Å²) in [5.41, 5.74) is -1.24. The first-order valence-corrected chi connectivity index (χ1v) is 5.90. The van der Waals surface area contributed by atoms with Crippen LogP contribution in [-0.2, 0) is 4.79 Å². The average Bonchev–Trinajstić information content (AvgIpc) is 2.18. The number of carbonyl (C=O) groups excluding carboxylic acids is 1. The van der Waals surface area contributed by atoms with Crippen molar-refractivity contribution in [1.82, 2.24) is 4.90 Å². The van der Waals surface area contributed by atoms with Crippen LogP contribution in [-0.4, -0.2) is 29.6 Å². The minimum absolute atomic E-state index is 0.216. The fraction of sp³-hybridized carbons (Fsp3) is 0.833. The lowest BCUT2D eigenvalue weighted by molar-refractivity contribution is -0.173. The highest BCUT2D eigenvalue weighted by atomic mass is 19.4. The molecule has 1 rings (SSSR count). The number of halogens is 3. The molecule has 6 heteroatoms. The van der Waals surface area contributed by atoms with Crippen LogP contribution in [0.3, 0.4) is 0 Å². The Morgan fingerprint density at radius 3 is 2.28 bits per heavy atom. The SMILES string of the molecule is CC1CC(C#N)(C(=O)N(CC(F)(F)F)C(C)C)C1. The Balaban J connectivity index is 2.88. The van der Waals surface area contributed by atoms with Crippen molar-refractivity contribution < 1.29 is 18.0 Å². The second-order valence-electron chi connectivity index (χ2n) is 5.35. The quantitative estimate of drug-likeness (QED) is 0.785. The smallest absolute Gasteiger partial charge is 0.330 e. The van der Waals surface area contributed by atoms with Gasteiger partial charge in [0.1, 0.15) is 12.0 Å². The highest BCUT2D eigenvalue weighted by Crippen LogP contribution is 2.46. The van der Waals surface area contributed by atoms with E-state index in [1.807, 2.05) is 13.0 Å². The summed E-state index contributed by atoms with van der Waals surface area (Å²) >= 11 is 0. The van der Waals surface area contributed by atoms with Crippen LogP contribution in [0.2, 0.25) is 0 Å². The van der Waals surface area contributed by atoms with Gasteiger partial charge in [0.25, 0.3) is 0 Å². The summed E-state index contributed by atoms with van der Waals surface area (Å²) in [6, 6.07) is 1.34. The summed E-state index contributed by atoms with van der Waals surface area (Å²) < 4.78 is 37.3. The van der Waals surface area contributed by atoms with Gasteiger partial charge in [-0.15, -0.1) is 0 Å². The summed E-state index contributed by atoms with van der Waals surface area (Å²) in [7, 11) is 0. The number of alkyl halides is 3. The molecule has 0 atom stereocenters. The van der Waals surface area contributed by atoms with Gasteiger partial charge in [-0.1, -0.05) is 6.92 Å². The lowest BCUT2D eigenvalue weighted by Crippen LogP contribution is -2.54. The molecule has 0 unspecified atom stereocenters. The van der Waals surface area contributed by atoms with Crippen molar-refractivity contribution >= 4 is 5.91 Å². The van der Waals surface area contributed by atoms with E-state index < -0.39 is 30.1 Å². The Morgan fingerprint density at radius 2 is 2.00 bits per heavy atom. The third-order valence-electron chi connectivity index (χ3n) is 3.25. The molecular formula is C12H17F3N2O. The molecule has 0 spiro atoms. The van der Waals surface area contributed by atoms with Gasteiger partial charge < -0.3 is 4.90 Å². The second kappa shape index (κ2) is 4.79. The summed E-state index contributed by atoms with van der Waals surface area (Å²) in [4.78, 5) is 12.9. The lowest BCUT2D eigenvalue weighted by Gasteiger charge is -2.43. The first-order valence-electron chi connectivity index (χ1n) is 5.90. The zero-order valence-corrected chi connectivity index (χ0v) is 10.7. The highest BCUT2D eigenvalue weighted by Gasteiger charge is 2.52. The number of hydrogen-bond donors (Lipinski definition) is 0. The van der Waals surface area contributed by atoms with E-state index in [4.69, 9.17) is 5.26 Å². The molecule has 1 amide bonds. The minimum atomic E-state index is -4.44. The molecule has 18 heavy (non-hydrogen) atoms. The van der Waals surface area contributed by atoms with E-state index in [2.05, 4.69) is 0 Å². The number of amides is 1. The molecule has 1 saturated carbocycles. The van der Waals surface area contributed by atoms with Crippen molar-refractivity contribution in [2.45, 2.75) is 45.8 Å². The molecule has 0 aliphatic heterocycles. The van der Waals surface area contributed by atoms with Crippen molar-refractivity contribution in [3.05, 3.63) is 0 Å². The second-order valence-corrected chi connectivity index (χ2v) is 5.35. The molecule has 0 aromatic carbocycles. The fourth-order valence-electron chi connectivity index (χ4n) is 2.40. The minimum Gasteiger partial charge on any atom is -0.330 e. The van der Waals surface area contributed by atoms with Gasteiger partial charge in [0.15, 0.2) is 0 Å². The van der Waals surface area contributed by atoms with Crippen LogP contribution in [0.4, 0.5) is 13.2 Å². The van der Waals surface area contributed by atoms with Crippen molar-refractivity contribution in [2.75, 3.05) is 6.54 Å². The molecule has 1 fully saturated rings. The van der Waals surface area contributed by atoms with Crippen LogP contribution < -0.4 is 0 Å². The van der Waals surface area contributed by atoms with E-state index in [1.54, 1.807) is 0 Å². The fourth-order valence-corrected chi connectivity index (χ4v) is 2.40. The molecular weight excluding hydrogens is 245 g/mol. The van der Waals surface area contributed by atoms with Gasteiger partial charge in [-0.05, 0) is 32.6 Å². The molecule has 1 aliphatic carbocycles. The summed E-state index contributed by atoms with van der Waals surface area (Å²) in [5.74, 6) is -0.469. The zero-order chi connectivity index (χ0) is 14.1. The molecule has 0 aromatic heterocycles. The number of rotatable bonds is 3. The van der Waals surface area contributed by atoms with Gasteiger partial charge in [0.05, 0.1) is 6.07 Å². The van der Waals surface area contributed by atoms with E-state index in [9.17, 15) is 18.0 Å². The van der Waals surface area contributed by atoms with Crippen molar-refractivity contribution in [2.24, 2.45) is 11.3 Å². The van der Waals surface area contributed by atoms with Crippen LogP contribution in [0.1, 0.15) is 33.6 Å². The van der Waals surface area contributed by atoms with Crippen LogP contribution >= 0.6 is 0 Å². The van der Waals surface area contributed by atoms with Crippen molar-refractivity contribution in [3.8, 4) is 6.07 Å². The third-order valence-corrected chi connectivity index (χ3v) is 3.25. The van der Waals surface area contributed by atoms with Gasteiger partial charge in [-0.2, -0.15) is 18.4 Å². The molecule has 0 heterocycles. The van der Waals surface area contributed by atoms with E-state index in [0.717, 1.165) is 4.90 Å². The predicted molar refractivity (Wildman–Crippen MR) is 59.3 cm³/mol. The Kier molecular flexibility index (Phi) is 3.94. The number of carbonyl (C=O) groups is 1. The molecule has 1 aliphatic rings. The summed E-state index contributed by atoms with van der Waals surface area (Å²) in [6.07, 6.45) is -3.74. The topological polar surface area (TPSA) is 44.1 Å². The monoisotopic (exact) mass is 262 g/mol. The third kappa shape index (κ3) is 2.95. The maximum atomic E-state index is 12.4. The number of nitriles is 1. The predicted octanol–water partition coefficient (Wildman–Crippen LogP) is 2.73. The van der Waals surface area contributed by atoms with E-state index in [-0.39, 0.29) is 5.92 Å². The van der Waals surface area contributed by atoms with E-state index in [0.29, 0.717) is 12.8 Å². The molecule has 0 N–H and O–H groups in total. The molecule has 3 nitrogen and oxygen atoms in total. The largest absolute Gasteiger partial charge is 0.406 e. The normalized spacial score (nSPS) is 27.6. The van der Waals surface area contributed by atoms with Crippen molar-refractivity contribution in [1.29, 1.82) is 5.26 Å². The Morgan fingerprint density at radius 1 is 1.50 bits per heavy atom. The van der Waals surface area contributed by atoms with E-state index >= 15 is 0 Å². The summed E-state index contributed by atoms with van der Waals surface area (Å²) in [6.45, 7) is 3.64. The van der Waals surface area contributed by atoms with Crippen LogP contribution in [0.25, 0.3) is 0 Å². The maximum Gasteiger partial charge on any atom is 0.406 e. The van der Waals surface area contributed by atoms with E-state index in [1.165, 1.54) is 13.8 Å². The number of hydrogen-bond acceptors (Lipinski definition) is 2. The molecule has 0 bridgehead atoms. The molecule has 0 radical (unpaired) electrons. The Labute approximate surface area is 105 Å². The van der Waals surface area contributed by atoms with Gasteiger partial charge in [0, 0.05) is 6.04 Å². The Hall–Kier alpha value is -1.25. The van der Waals surface area contributed by atoms with Crippen LogP contribution in [0.15, 0.2) is 0 Å².